The van der Waals surface area contributed by atoms with Gasteiger partial charge in [0.25, 0.3) is 0 Å². The zero-order valence-corrected chi connectivity index (χ0v) is 14.2. The van der Waals surface area contributed by atoms with E-state index < -0.39 is 0 Å². The fourth-order valence-electron chi connectivity index (χ4n) is 2.35. The van der Waals surface area contributed by atoms with Crippen molar-refractivity contribution in [3.8, 4) is 0 Å². The molecular weight excluding hydrogens is 302 g/mol. The molecule has 1 aromatic carbocycles. The lowest BCUT2D eigenvalue weighted by atomic mass is 10.0. The molecule has 2 rings (SSSR count). The van der Waals surface area contributed by atoms with Crippen LogP contribution in [-0.2, 0) is 12.8 Å². The number of aromatic nitrogens is 2. The van der Waals surface area contributed by atoms with Crippen LogP contribution in [0.2, 0.25) is 5.02 Å². The quantitative estimate of drug-likeness (QED) is 0.781. The fourth-order valence-corrected chi connectivity index (χ4v) is 3.33. The summed E-state index contributed by atoms with van der Waals surface area (Å²) in [7, 11) is 0. The van der Waals surface area contributed by atoms with Crippen LogP contribution in [0.3, 0.4) is 0 Å². The Balaban J connectivity index is 2.21. The monoisotopic (exact) mass is 323 g/mol. The molecule has 0 fully saturated rings. The fraction of sp³-hybridized carbons (Fsp3) is 0.500. The molecule has 1 heterocycles. The van der Waals surface area contributed by atoms with Gasteiger partial charge in [0.05, 0.1) is 10.6 Å². The molecule has 0 aliphatic rings. The number of nitrogens with zero attached hydrogens (tertiary/aromatic N) is 2. The maximum Gasteiger partial charge on any atom is 0.0803 e. The Morgan fingerprint density at radius 3 is 2.76 bits per heavy atom. The number of aryl methyl sites for hydroxylation is 1. The van der Waals surface area contributed by atoms with Gasteiger partial charge in [-0.3, -0.25) is 0 Å². The number of hydrogen-bond donors (Lipinski definition) is 1. The molecule has 0 aliphatic carbocycles. The number of rotatable bonds is 8. The normalized spacial score (nSPS) is 12.5. The molecule has 0 spiro atoms. The highest BCUT2D eigenvalue weighted by molar-refractivity contribution is 7.05. The van der Waals surface area contributed by atoms with Gasteiger partial charge in [-0.25, -0.2) is 0 Å². The lowest BCUT2D eigenvalue weighted by Crippen LogP contribution is -2.24. The van der Waals surface area contributed by atoms with Gasteiger partial charge in [-0.05, 0) is 49.0 Å². The molecule has 114 valence electrons. The van der Waals surface area contributed by atoms with E-state index >= 15 is 0 Å². The standard InChI is InChI=1S/C16H22ClN3S/c1-3-7-14-16(21-20-19-14)15(18-10-4-2)11-12-8-5-6-9-13(12)17/h5-6,8-9,15,18H,3-4,7,10-11H2,1-2H3. The Morgan fingerprint density at radius 1 is 1.24 bits per heavy atom. The Labute approximate surface area is 135 Å². The Kier molecular flexibility index (Phi) is 6.61. The summed E-state index contributed by atoms with van der Waals surface area (Å²) in [5.41, 5.74) is 2.30. The topological polar surface area (TPSA) is 37.8 Å². The van der Waals surface area contributed by atoms with Crippen molar-refractivity contribution in [3.05, 3.63) is 45.4 Å². The average Bonchev–Trinajstić information content (AvgIpc) is 2.94. The molecule has 0 amide bonds. The van der Waals surface area contributed by atoms with E-state index in [0.717, 1.165) is 42.9 Å². The van der Waals surface area contributed by atoms with Crippen molar-refractivity contribution in [2.75, 3.05) is 6.54 Å². The van der Waals surface area contributed by atoms with E-state index in [1.165, 1.54) is 22.0 Å². The summed E-state index contributed by atoms with van der Waals surface area (Å²) in [4.78, 5) is 1.25. The highest BCUT2D eigenvalue weighted by Gasteiger charge is 2.19. The Hall–Kier alpha value is -0.970. The maximum atomic E-state index is 6.31. The van der Waals surface area contributed by atoms with Crippen LogP contribution in [0.5, 0.6) is 0 Å². The Bertz CT molecular complexity index is 556. The predicted octanol–water partition coefficient (Wildman–Crippen LogP) is 4.43. The second-order valence-corrected chi connectivity index (χ2v) is 6.33. The molecule has 1 N–H and O–H groups in total. The average molecular weight is 324 g/mol. The van der Waals surface area contributed by atoms with Crippen molar-refractivity contribution in [3.63, 3.8) is 0 Å². The highest BCUT2D eigenvalue weighted by Crippen LogP contribution is 2.27. The molecule has 0 bridgehead atoms. The molecule has 3 nitrogen and oxygen atoms in total. The summed E-state index contributed by atoms with van der Waals surface area (Å²) in [6.45, 7) is 5.34. The largest absolute Gasteiger partial charge is 0.309 e. The first-order valence-electron chi connectivity index (χ1n) is 7.54. The van der Waals surface area contributed by atoms with Crippen molar-refractivity contribution in [1.82, 2.24) is 14.9 Å². The molecule has 21 heavy (non-hydrogen) atoms. The van der Waals surface area contributed by atoms with Crippen LogP contribution in [0.4, 0.5) is 0 Å². The van der Waals surface area contributed by atoms with Crippen molar-refractivity contribution >= 4 is 23.1 Å². The molecule has 1 unspecified atom stereocenters. The van der Waals surface area contributed by atoms with Crippen molar-refractivity contribution in [2.24, 2.45) is 0 Å². The molecule has 1 aromatic heterocycles. The Morgan fingerprint density at radius 2 is 2.05 bits per heavy atom. The minimum absolute atomic E-state index is 0.242. The summed E-state index contributed by atoms with van der Waals surface area (Å²) in [6.07, 6.45) is 4.05. The second kappa shape index (κ2) is 8.47. The second-order valence-electron chi connectivity index (χ2n) is 5.14. The third kappa shape index (κ3) is 4.50. The minimum atomic E-state index is 0.242. The van der Waals surface area contributed by atoms with Crippen LogP contribution in [0, 0.1) is 0 Å². The first-order valence-corrected chi connectivity index (χ1v) is 8.69. The van der Waals surface area contributed by atoms with E-state index in [4.69, 9.17) is 11.6 Å². The summed E-state index contributed by atoms with van der Waals surface area (Å²) >= 11 is 7.82. The number of benzene rings is 1. The van der Waals surface area contributed by atoms with E-state index in [1.54, 1.807) is 0 Å². The molecule has 1 atom stereocenters. The van der Waals surface area contributed by atoms with Gasteiger partial charge in [0.2, 0.25) is 0 Å². The van der Waals surface area contributed by atoms with Crippen molar-refractivity contribution in [1.29, 1.82) is 0 Å². The molecule has 0 saturated heterocycles. The number of halogens is 1. The van der Waals surface area contributed by atoms with Crippen molar-refractivity contribution < 1.29 is 0 Å². The highest BCUT2D eigenvalue weighted by atomic mass is 35.5. The van der Waals surface area contributed by atoms with Gasteiger partial charge in [-0.1, -0.05) is 54.6 Å². The van der Waals surface area contributed by atoms with Gasteiger partial charge in [0.15, 0.2) is 0 Å². The zero-order chi connectivity index (χ0) is 15.1. The van der Waals surface area contributed by atoms with E-state index in [2.05, 4.69) is 34.8 Å². The van der Waals surface area contributed by atoms with Crippen LogP contribution < -0.4 is 5.32 Å². The van der Waals surface area contributed by atoms with Crippen LogP contribution >= 0.6 is 23.1 Å². The van der Waals surface area contributed by atoms with E-state index in [9.17, 15) is 0 Å². The van der Waals surface area contributed by atoms with Crippen molar-refractivity contribution in [2.45, 2.75) is 45.6 Å². The molecule has 2 aromatic rings. The summed E-state index contributed by atoms with van der Waals surface area (Å²) in [6, 6.07) is 8.29. The maximum absolute atomic E-state index is 6.31. The first-order chi connectivity index (χ1) is 10.3. The van der Waals surface area contributed by atoms with E-state index in [1.807, 2.05) is 18.2 Å². The summed E-state index contributed by atoms with van der Waals surface area (Å²) < 4.78 is 4.15. The first kappa shape index (κ1) is 16.4. The third-order valence-corrected chi connectivity index (χ3v) is 4.66. The minimum Gasteiger partial charge on any atom is -0.309 e. The van der Waals surface area contributed by atoms with Gasteiger partial charge in [-0.15, -0.1) is 5.10 Å². The number of hydrogen-bond acceptors (Lipinski definition) is 4. The number of nitrogens with one attached hydrogen (secondary N) is 1. The summed E-state index contributed by atoms with van der Waals surface area (Å²) in [5, 5.41) is 8.74. The zero-order valence-electron chi connectivity index (χ0n) is 12.6. The lowest BCUT2D eigenvalue weighted by Gasteiger charge is -2.18. The van der Waals surface area contributed by atoms with E-state index in [0.29, 0.717) is 0 Å². The van der Waals surface area contributed by atoms with Gasteiger partial charge in [0, 0.05) is 11.1 Å². The molecule has 0 saturated carbocycles. The van der Waals surface area contributed by atoms with Gasteiger partial charge in [0.1, 0.15) is 0 Å². The molecule has 0 radical (unpaired) electrons. The van der Waals surface area contributed by atoms with Gasteiger partial charge in [-0.2, -0.15) is 0 Å². The van der Waals surface area contributed by atoms with Crippen LogP contribution in [0.25, 0.3) is 0 Å². The lowest BCUT2D eigenvalue weighted by molar-refractivity contribution is 0.531. The molecular formula is C16H22ClN3S. The molecule has 5 heteroatoms. The van der Waals surface area contributed by atoms with Gasteiger partial charge < -0.3 is 5.32 Å². The van der Waals surface area contributed by atoms with Gasteiger partial charge >= 0.3 is 0 Å². The van der Waals surface area contributed by atoms with Crippen LogP contribution in [-0.4, -0.2) is 16.1 Å². The van der Waals surface area contributed by atoms with E-state index in [-0.39, 0.29) is 6.04 Å². The third-order valence-electron chi connectivity index (χ3n) is 3.41. The SMILES string of the molecule is CCCNC(Cc1ccccc1Cl)c1snnc1CCC. The molecule has 0 aliphatic heterocycles. The smallest absolute Gasteiger partial charge is 0.0803 e. The summed E-state index contributed by atoms with van der Waals surface area (Å²) in [5.74, 6) is 0. The van der Waals surface area contributed by atoms with Crippen LogP contribution in [0.1, 0.15) is 48.9 Å². The van der Waals surface area contributed by atoms with Crippen LogP contribution in [0.15, 0.2) is 24.3 Å². The predicted molar refractivity (Wildman–Crippen MR) is 90.1 cm³/mol.